The Hall–Kier alpha value is -1.59. The SMILES string of the molecule is [Cl-].[NH3+]C(C(=O)O)C(CC(=O)O)c1ccccc1. The van der Waals surface area contributed by atoms with Crippen LogP contribution in [0, 0.1) is 0 Å². The molecule has 5 nitrogen and oxygen atoms in total. The molecule has 1 aromatic carbocycles. The highest BCUT2D eigenvalue weighted by molar-refractivity contribution is 5.75. The number of rotatable bonds is 5. The molecule has 5 N–H and O–H groups in total. The Morgan fingerprint density at radius 1 is 1.18 bits per heavy atom. The van der Waals surface area contributed by atoms with Crippen LogP contribution in [0.1, 0.15) is 17.9 Å². The predicted molar refractivity (Wildman–Crippen MR) is 55.7 cm³/mol. The van der Waals surface area contributed by atoms with E-state index >= 15 is 0 Å². The van der Waals surface area contributed by atoms with E-state index in [0.29, 0.717) is 5.56 Å². The number of halogens is 1. The zero-order valence-corrected chi connectivity index (χ0v) is 9.80. The first-order valence-corrected chi connectivity index (χ1v) is 4.85. The molecule has 0 radical (unpaired) electrons. The van der Waals surface area contributed by atoms with E-state index in [4.69, 9.17) is 10.2 Å². The number of hydrogen-bond donors (Lipinski definition) is 3. The second-order valence-electron chi connectivity index (χ2n) is 3.56. The van der Waals surface area contributed by atoms with Crippen molar-refractivity contribution in [1.82, 2.24) is 0 Å². The van der Waals surface area contributed by atoms with Gasteiger partial charge in [0.15, 0.2) is 6.04 Å². The van der Waals surface area contributed by atoms with Gasteiger partial charge >= 0.3 is 11.9 Å². The molecule has 0 spiro atoms. The lowest BCUT2D eigenvalue weighted by molar-refractivity contribution is -0.413. The van der Waals surface area contributed by atoms with E-state index in [9.17, 15) is 9.59 Å². The molecule has 0 heterocycles. The van der Waals surface area contributed by atoms with Crippen molar-refractivity contribution in [1.29, 1.82) is 0 Å². The van der Waals surface area contributed by atoms with Crippen LogP contribution in [-0.2, 0) is 9.59 Å². The number of carboxylic acid groups (broad SMARTS) is 2. The van der Waals surface area contributed by atoms with Crippen LogP contribution < -0.4 is 18.1 Å². The Labute approximate surface area is 105 Å². The van der Waals surface area contributed by atoms with Crippen molar-refractivity contribution in [2.75, 3.05) is 0 Å². The summed E-state index contributed by atoms with van der Waals surface area (Å²) in [5, 5.41) is 17.6. The summed E-state index contributed by atoms with van der Waals surface area (Å²) in [5.74, 6) is -2.71. The van der Waals surface area contributed by atoms with E-state index in [-0.39, 0.29) is 18.8 Å². The lowest BCUT2D eigenvalue weighted by Crippen LogP contribution is -3.00. The highest BCUT2D eigenvalue weighted by Crippen LogP contribution is 2.21. The van der Waals surface area contributed by atoms with Crippen molar-refractivity contribution in [2.24, 2.45) is 0 Å². The van der Waals surface area contributed by atoms with Gasteiger partial charge in [0.1, 0.15) is 0 Å². The maximum absolute atomic E-state index is 10.8. The zero-order valence-electron chi connectivity index (χ0n) is 9.04. The number of aliphatic carboxylic acids is 2. The van der Waals surface area contributed by atoms with Gasteiger partial charge in [-0.15, -0.1) is 0 Å². The van der Waals surface area contributed by atoms with Gasteiger partial charge in [0.2, 0.25) is 0 Å². The maximum Gasteiger partial charge on any atom is 0.363 e. The first-order chi connectivity index (χ1) is 7.52. The van der Waals surface area contributed by atoms with Gasteiger partial charge in [-0.25, -0.2) is 4.79 Å². The number of quaternary nitrogens is 1. The van der Waals surface area contributed by atoms with Crippen LogP contribution in [0.25, 0.3) is 0 Å². The van der Waals surface area contributed by atoms with Crippen molar-refractivity contribution in [3.63, 3.8) is 0 Å². The molecule has 0 saturated heterocycles. The largest absolute Gasteiger partial charge is 1.00 e. The fourth-order valence-corrected chi connectivity index (χ4v) is 1.55. The predicted octanol–water partition coefficient (Wildman–Crippen LogP) is -3.06. The van der Waals surface area contributed by atoms with E-state index in [2.05, 4.69) is 5.73 Å². The van der Waals surface area contributed by atoms with Crippen LogP contribution >= 0.6 is 0 Å². The molecular weight excluding hydrogens is 246 g/mol. The fourth-order valence-electron chi connectivity index (χ4n) is 1.55. The van der Waals surface area contributed by atoms with Gasteiger partial charge in [-0.05, 0) is 5.56 Å². The monoisotopic (exact) mass is 259 g/mol. The van der Waals surface area contributed by atoms with Crippen LogP contribution in [0.3, 0.4) is 0 Å². The first-order valence-electron chi connectivity index (χ1n) is 4.85. The van der Waals surface area contributed by atoms with Crippen molar-refractivity contribution >= 4 is 11.9 Å². The summed E-state index contributed by atoms with van der Waals surface area (Å²) in [5.41, 5.74) is 4.19. The molecule has 17 heavy (non-hydrogen) atoms. The molecule has 0 saturated carbocycles. The van der Waals surface area contributed by atoms with E-state index < -0.39 is 23.9 Å². The molecule has 0 fully saturated rings. The molecule has 1 aromatic rings. The Balaban J connectivity index is 0.00000256. The van der Waals surface area contributed by atoms with Gasteiger partial charge in [0.25, 0.3) is 0 Å². The Morgan fingerprint density at radius 3 is 2.12 bits per heavy atom. The quantitative estimate of drug-likeness (QED) is 0.523. The number of carbonyl (C=O) groups is 2. The topological polar surface area (TPSA) is 102 Å². The van der Waals surface area contributed by atoms with Crippen LogP contribution in [0.5, 0.6) is 0 Å². The van der Waals surface area contributed by atoms with Gasteiger partial charge in [-0.2, -0.15) is 0 Å². The van der Waals surface area contributed by atoms with Gasteiger partial charge in [0, 0.05) is 0 Å². The summed E-state index contributed by atoms with van der Waals surface area (Å²) in [7, 11) is 0. The molecule has 0 bridgehead atoms. The third kappa shape index (κ3) is 4.42. The molecule has 0 aliphatic carbocycles. The average Bonchev–Trinajstić information content (AvgIpc) is 2.26. The standard InChI is InChI=1S/C11H13NO4.ClH/c12-10(11(15)16)8(6-9(13)14)7-4-2-1-3-5-7;/h1-5,8,10H,6,12H2,(H,13,14)(H,15,16);1H. The van der Waals surface area contributed by atoms with Crippen molar-refractivity contribution in [3.05, 3.63) is 35.9 Å². The molecule has 0 aliphatic rings. The molecule has 0 aliphatic heterocycles. The molecule has 2 atom stereocenters. The van der Waals surface area contributed by atoms with Crippen LogP contribution in [-0.4, -0.2) is 28.2 Å². The van der Waals surface area contributed by atoms with Crippen molar-refractivity contribution < 1.29 is 37.9 Å². The van der Waals surface area contributed by atoms with E-state index in [0.717, 1.165) is 0 Å². The number of carboxylic acids is 2. The maximum atomic E-state index is 10.8. The minimum absolute atomic E-state index is 0. The summed E-state index contributed by atoms with van der Waals surface area (Å²) in [6.45, 7) is 0. The van der Waals surface area contributed by atoms with E-state index in [1.165, 1.54) is 0 Å². The third-order valence-corrected chi connectivity index (χ3v) is 2.43. The molecule has 0 amide bonds. The third-order valence-electron chi connectivity index (χ3n) is 2.43. The van der Waals surface area contributed by atoms with Crippen LogP contribution in [0.4, 0.5) is 0 Å². The summed E-state index contributed by atoms with van der Waals surface area (Å²) in [4.78, 5) is 21.5. The van der Waals surface area contributed by atoms with Crippen LogP contribution in [0.15, 0.2) is 30.3 Å². The molecule has 1 rings (SSSR count). The van der Waals surface area contributed by atoms with Crippen LogP contribution in [0.2, 0.25) is 0 Å². The zero-order chi connectivity index (χ0) is 12.1. The second-order valence-corrected chi connectivity index (χ2v) is 3.56. The second kappa shape index (κ2) is 6.88. The van der Waals surface area contributed by atoms with Crippen molar-refractivity contribution in [2.45, 2.75) is 18.4 Å². The lowest BCUT2D eigenvalue weighted by atomic mass is 9.89. The molecule has 6 heteroatoms. The highest BCUT2D eigenvalue weighted by atomic mass is 35.5. The van der Waals surface area contributed by atoms with E-state index in [1.54, 1.807) is 30.3 Å². The molecule has 0 aromatic heterocycles. The fraction of sp³-hybridized carbons (Fsp3) is 0.273. The smallest absolute Gasteiger partial charge is 0.363 e. The van der Waals surface area contributed by atoms with Gasteiger partial charge in [0.05, 0.1) is 12.3 Å². The highest BCUT2D eigenvalue weighted by Gasteiger charge is 2.31. The minimum atomic E-state index is -1.09. The van der Waals surface area contributed by atoms with Crippen molar-refractivity contribution in [3.8, 4) is 0 Å². The van der Waals surface area contributed by atoms with E-state index in [1.807, 2.05) is 0 Å². The first kappa shape index (κ1) is 15.4. The van der Waals surface area contributed by atoms with Gasteiger partial charge in [-0.3, -0.25) is 4.79 Å². The number of benzene rings is 1. The normalized spacial score (nSPS) is 13.2. The molecule has 2 unspecified atom stereocenters. The minimum Gasteiger partial charge on any atom is -1.00 e. The Bertz CT molecular complexity index is 382. The lowest BCUT2D eigenvalue weighted by Gasteiger charge is -2.16. The van der Waals surface area contributed by atoms with Gasteiger partial charge < -0.3 is 28.4 Å². The summed E-state index contributed by atoms with van der Waals surface area (Å²) in [6, 6.07) is 7.76. The Morgan fingerprint density at radius 2 is 1.71 bits per heavy atom. The summed E-state index contributed by atoms with van der Waals surface area (Å²) < 4.78 is 0. The Kier molecular flexibility index (Phi) is 6.23. The molecular formula is C11H14ClNO4. The molecule has 94 valence electrons. The summed E-state index contributed by atoms with van der Waals surface area (Å²) >= 11 is 0. The average molecular weight is 260 g/mol. The summed E-state index contributed by atoms with van der Waals surface area (Å²) in [6.07, 6.45) is -0.232. The number of hydrogen-bond acceptors (Lipinski definition) is 2. The van der Waals surface area contributed by atoms with Gasteiger partial charge in [-0.1, -0.05) is 30.3 Å².